The van der Waals surface area contributed by atoms with Crippen LogP contribution in [0.5, 0.6) is 0 Å². The van der Waals surface area contributed by atoms with Gasteiger partial charge < -0.3 is 15.1 Å². The Hall–Kier alpha value is -1.94. The Labute approximate surface area is 130 Å². The molecule has 2 heterocycles. The number of benzene rings is 1. The summed E-state index contributed by atoms with van der Waals surface area (Å²) in [5.74, 6) is 0. The predicted molar refractivity (Wildman–Crippen MR) is 89.7 cm³/mol. The topological polar surface area (TPSA) is 31.4 Å². The standard InChI is InChI=1S/C16H19ClN4/c1-18-14-10-16(12-19-11-14)21-8-6-20(7-9-21)15-4-2-13(17)3-5-15/h2-5,10-12,18H,6-9H2,1H3. The lowest BCUT2D eigenvalue weighted by Gasteiger charge is -2.37. The Kier molecular flexibility index (Phi) is 4.15. The minimum absolute atomic E-state index is 0.785. The highest BCUT2D eigenvalue weighted by Crippen LogP contribution is 2.23. The van der Waals surface area contributed by atoms with Crippen molar-refractivity contribution in [2.24, 2.45) is 0 Å². The summed E-state index contributed by atoms with van der Waals surface area (Å²) in [6.07, 6.45) is 3.77. The highest BCUT2D eigenvalue weighted by Gasteiger charge is 2.17. The van der Waals surface area contributed by atoms with Crippen LogP contribution in [0.25, 0.3) is 0 Å². The summed E-state index contributed by atoms with van der Waals surface area (Å²) in [6.45, 7) is 4.01. The lowest BCUT2D eigenvalue weighted by molar-refractivity contribution is 0.653. The molecule has 110 valence electrons. The van der Waals surface area contributed by atoms with E-state index in [0.717, 1.165) is 36.9 Å². The lowest BCUT2D eigenvalue weighted by Crippen LogP contribution is -2.46. The zero-order valence-electron chi connectivity index (χ0n) is 12.1. The smallest absolute Gasteiger partial charge is 0.0574 e. The maximum absolute atomic E-state index is 5.94. The molecule has 0 radical (unpaired) electrons. The number of halogens is 1. The fourth-order valence-corrected chi connectivity index (χ4v) is 2.74. The Balaban J connectivity index is 1.65. The molecule has 1 fully saturated rings. The van der Waals surface area contributed by atoms with Gasteiger partial charge in [0.25, 0.3) is 0 Å². The van der Waals surface area contributed by atoms with Gasteiger partial charge in [0.15, 0.2) is 0 Å². The molecule has 3 rings (SSSR count). The van der Waals surface area contributed by atoms with E-state index in [1.807, 2.05) is 31.6 Å². The molecule has 1 N–H and O–H groups in total. The number of nitrogens with zero attached hydrogens (tertiary/aromatic N) is 3. The molecule has 0 unspecified atom stereocenters. The summed E-state index contributed by atoms with van der Waals surface area (Å²) in [4.78, 5) is 9.05. The van der Waals surface area contributed by atoms with Gasteiger partial charge in [0, 0.05) is 43.9 Å². The van der Waals surface area contributed by atoms with Crippen LogP contribution in [0.1, 0.15) is 0 Å². The van der Waals surface area contributed by atoms with Crippen LogP contribution in [-0.4, -0.2) is 38.2 Å². The summed E-state index contributed by atoms with van der Waals surface area (Å²) in [7, 11) is 1.92. The average Bonchev–Trinajstić information content (AvgIpc) is 2.56. The fourth-order valence-electron chi connectivity index (χ4n) is 2.61. The first kappa shape index (κ1) is 14.0. The molecule has 5 heteroatoms. The molecule has 2 aromatic rings. The monoisotopic (exact) mass is 302 g/mol. The van der Waals surface area contributed by atoms with Crippen molar-refractivity contribution in [3.05, 3.63) is 47.7 Å². The molecule has 0 spiro atoms. The van der Waals surface area contributed by atoms with Gasteiger partial charge in [-0.2, -0.15) is 0 Å². The largest absolute Gasteiger partial charge is 0.387 e. The van der Waals surface area contributed by atoms with E-state index >= 15 is 0 Å². The number of hydrogen-bond acceptors (Lipinski definition) is 4. The normalized spacial score (nSPS) is 15.1. The van der Waals surface area contributed by atoms with Crippen LogP contribution in [0.4, 0.5) is 17.1 Å². The second kappa shape index (κ2) is 6.22. The van der Waals surface area contributed by atoms with Crippen LogP contribution in [0.3, 0.4) is 0 Å². The summed E-state index contributed by atoms with van der Waals surface area (Å²) in [5.41, 5.74) is 3.46. The molecule has 0 atom stereocenters. The van der Waals surface area contributed by atoms with Crippen molar-refractivity contribution in [1.82, 2.24) is 4.98 Å². The first-order valence-electron chi connectivity index (χ1n) is 7.14. The summed E-state index contributed by atoms with van der Waals surface area (Å²) in [6, 6.07) is 10.2. The van der Waals surface area contributed by atoms with Crippen molar-refractivity contribution < 1.29 is 0 Å². The van der Waals surface area contributed by atoms with Gasteiger partial charge in [0.1, 0.15) is 0 Å². The second-order valence-corrected chi connectivity index (χ2v) is 5.57. The molecule has 0 bridgehead atoms. The van der Waals surface area contributed by atoms with Crippen molar-refractivity contribution >= 4 is 28.7 Å². The zero-order valence-corrected chi connectivity index (χ0v) is 12.8. The number of rotatable bonds is 3. The van der Waals surface area contributed by atoms with E-state index in [2.05, 4.69) is 38.3 Å². The number of anilines is 3. The van der Waals surface area contributed by atoms with Crippen LogP contribution in [0.2, 0.25) is 5.02 Å². The average molecular weight is 303 g/mol. The van der Waals surface area contributed by atoms with E-state index in [1.54, 1.807) is 0 Å². The first-order chi connectivity index (χ1) is 10.3. The predicted octanol–water partition coefficient (Wildman–Crippen LogP) is 3.10. The highest BCUT2D eigenvalue weighted by molar-refractivity contribution is 6.30. The van der Waals surface area contributed by atoms with Crippen molar-refractivity contribution in [3.8, 4) is 0 Å². The summed E-state index contributed by atoms with van der Waals surface area (Å²) in [5, 5.41) is 3.92. The van der Waals surface area contributed by atoms with Gasteiger partial charge in [0.05, 0.1) is 23.8 Å². The molecule has 21 heavy (non-hydrogen) atoms. The van der Waals surface area contributed by atoms with Crippen molar-refractivity contribution in [3.63, 3.8) is 0 Å². The second-order valence-electron chi connectivity index (χ2n) is 5.13. The Morgan fingerprint density at radius 3 is 2.19 bits per heavy atom. The van der Waals surface area contributed by atoms with Gasteiger partial charge >= 0.3 is 0 Å². The van der Waals surface area contributed by atoms with Crippen LogP contribution in [0, 0.1) is 0 Å². The number of pyridine rings is 1. The highest BCUT2D eigenvalue weighted by atomic mass is 35.5. The number of aromatic nitrogens is 1. The molecule has 1 aliphatic rings. The zero-order chi connectivity index (χ0) is 14.7. The third-order valence-electron chi connectivity index (χ3n) is 3.85. The third kappa shape index (κ3) is 3.22. The fraction of sp³-hybridized carbons (Fsp3) is 0.312. The van der Waals surface area contributed by atoms with E-state index in [1.165, 1.54) is 11.4 Å². The quantitative estimate of drug-likeness (QED) is 0.944. The van der Waals surface area contributed by atoms with Crippen molar-refractivity contribution in [2.75, 3.05) is 48.3 Å². The number of piperazine rings is 1. The Bertz CT molecular complexity index is 591. The summed E-state index contributed by atoms with van der Waals surface area (Å²) >= 11 is 5.94. The molecular formula is C16H19ClN4. The van der Waals surface area contributed by atoms with Crippen LogP contribution in [0.15, 0.2) is 42.7 Å². The van der Waals surface area contributed by atoms with E-state index in [0.29, 0.717) is 0 Å². The van der Waals surface area contributed by atoms with E-state index in [9.17, 15) is 0 Å². The third-order valence-corrected chi connectivity index (χ3v) is 4.10. The molecule has 0 amide bonds. The Morgan fingerprint density at radius 1 is 0.952 bits per heavy atom. The number of hydrogen-bond donors (Lipinski definition) is 1. The SMILES string of the molecule is CNc1cncc(N2CCN(c3ccc(Cl)cc3)CC2)c1. The lowest BCUT2D eigenvalue weighted by atomic mass is 10.2. The van der Waals surface area contributed by atoms with Crippen LogP contribution < -0.4 is 15.1 Å². The molecule has 1 aromatic carbocycles. The molecule has 1 aliphatic heterocycles. The molecular weight excluding hydrogens is 284 g/mol. The van der Waals surface area contributed by atoms with Gasteiger partial charge in [-0.15, -0.1) is 0 Å². The Morgan fingerprint density at radius 2 is 1.57 bits per heavy atom. The van der Waals surface area contributed by atoms with E-state index < -0.39 is 0 Å². The molecule has 1 aromatic heterocycles. The summed E-state index contributed by atoms with van der Waals surface area (Å²) < 4.78 is 0. The minimum Gasteiger partial charge on any atom is -0.387 e. The van der Waals surface area contributed by atoms with Gasteiger partial charge in [-0.1, -0.05) is 11.6 Å². The van der Waals surface area contributed by atoms with E-state index in [4.69, 9.17) is 11.6 Å². The van der Waals surface area contributed by atoms with E-state index in [-0.39, 0.29) is 0 Å². The first-order valence-corrected chi connectivity index (χ1v) is 7.52. The van der Waals surface area contributed by atoms with Gasteiger partial charge in [0.2, 0.25) is 0 Å². The van der Waals surface area contributed by atoms with Gasteiger partial charge in [-0.3, -0.25) is 4.98 Å². The molecule has 4 nitrogen and oxygen atoms in total. The van der Waals surface area contributed by atoms with Gasteiger partial charge in [-0.05, 0) is 30.3 Å². The van der Waals surface area contributed by atoms with Gasteiger partial charge in [-0.25, -0.2) is 0 Å². The van der Waals surface area contributed by atoms with Crippen molar-refractivity contribution in [2.45, 2.75) is 0 Å². The maximum Gasteiger partial charge on any atom is 0.0574 e. The minimum atomic E-state index is 0.785. The maximum atomic E-state index is 5.94. The van der Waals surface area contributed by atoms with Crippen molar-refractivity contribution in [1.29, 1.82) is 0 Å². The molecule has 1 saturated heterocycles. The molecule has 0 aliphatic carbocycles. The van der Waals surface area contributed by atoms with Crippen LogP contribution in [-0.2, 0) is 0 Å². The molecule has 0 saturated carbocycles. The number of nitrogens with one attached hydrogen (secondary N) is 1. The van der Waals surface area contributed by atoms with Crippen LogP contribution >= 0.6 is 11.6 Å².